The summed E-state index contributed by atoms with van der Waals surface area (Å²) in [5.41, 5.74) is -0.0447. The topological polar surface area (TPSA) is 122 Å². The van der Waals surface area contributed by atoms with Gasteiger partial charge in [-0.1, -0.05) is 6.92 Å². The van der Waals surface area contributed by atoms with Crippen LogP contribution in [0.2, 0.25) is 0 Å². The second-order valence-corrected chi connectivity index (χ2v) is 12.4. The van der Waals surface area contributed by atoms with Crippen molar-refractivity contribution in [1.82, 2.24) is 14.9 Å². The Kier molecular flexibility index (Phi) is 10.2. The highest BCUT2D eigenvalue weighted by atomic mass is 19.1. The highest BCUT2D eigenvalue weighted by molar-refractivity contribution is 6.06. The van der Waals surface area contributed by atoms with Crippen LogP contribution >= 0.6 is 0 Å². The maximum atomic E-state index is 15.7. The number of aromatic nitrogens is 2. The van der Waals surface area contributed by atoms with Gasteiger partial charge in [0.05, 0.1) is 17.5 Å². The van der Waals surface area contributed by atoms with Gasteiger partial charge in [-0.2, -0.15) is 0 Å². The molecule has 13 heteroatoms. The molecule has 1 amide bonds. The van der Waals surface area contributed by atoms with Gasteiger partial charge in [-0.15, -0.1) is 0 Å². The fraction of sp³-hybridized carbons (Fsp3) is 0.308. The van der Waals surface area contributed by atoms with E-state index in [1.807, 2.05) is 0 Å². The molecule has 11 nitrogen and oxygen atoms in total. The number of hydrogen-bond acceptors (Lipinski definition) is 9. The Morgan fingerprint density at radius 2 is 1.81 bits per heavy atom. The quantitative estimate of drug-likeness (QED) is 0.149. The second kappa shape index (κ2) is 15.3. The van der Waals surface area contributed by atoms with E-state index in [4.69, 9.17) is 23.7 Å². The maximum Gasteiger partial charge on any atom is 0.271 e. The van der Waals surface area contributed by atoms with E-state index in [1.54, 1.807) is 25.3 Å². The smallest absolute Gasteiger partial charge is 0.271 e. The van der Waals surface area contributed by atoms with Gasteiger partial charge in [-0.3, -0.25) is 19.1 Å². The first-order chi connectivity index (χ1) is 25.3. The van der Waals surface area contributed by atoms with Crippen LogP contribution in [0.25, 0.3) is 16.6 Å². The summed E-state index contributed by atoms with van der Waals surface area (Å²) in [5.74, 6) is -0.116. The third-order valence-electron chi connectivity index (χ3n) is 9.08. The minimum absolute atomic E-state index is 0.0316. The molecule has 4 heterocycles. The van der Waals surface area contributed by atoms with Gasteiger partial charge in [-0.25, -0.2) is 8.78 Å². The van der Waals surface area contributed by atoms with Crippen molar-refractivity contribution in [3.05, 3.63) is 101 Å². The van der Waals surface area contributed by atoms with Gasteiger partial charge in [0.25, 0.3) is 11.5 Å². The van der Waals surface area contributed by atoms with Crippen LogP contribution in [0, 0.1) is 17.6 Å². The van der Waals surface area contributed by atoms with Gasteiger partial charge in [-0.05, 0) is 81.3 Å². The minimum atomic E-state index is -0.815. The molecule has 2 aliphatic heterocycles. The molecule has 2 aromatic heterocycles. The van der Waals surface area contributed by atoms with Crippen molar-refractivity contribution in [3.8, 4) is 40.2 Å². The molecule has 2 aliphatic rings. The summed E-state index contributed by atoms with van der Waals surface area (Å²) in [6.45, 7) is 6.53. The summed E-state index contributed by atoms with van der Waals surface area (Å²) in [7, 11) is 0. The fourth-order valence-corrected chi connectivity index (χ4v) is 6.60. The zero-order valence-electron chi connectivity index (χ0n) is 28.7. The third kappa shape index (κ3) is 7.09. The molecule has 2 N–H and O–H groups in total. The lowest BCUT2D eigenvalue weighted by molar-refractivity contribution is 0.0996. The number of fused-ring (bicyclic) bond motifs is 3. The van der Waals surface area contributed by atoms with E-state index in [2.05, 4.69) is 22.5 Å². The number of anilines is 1. The average molecular weight is 713 g/mol. The van der Waals surface area contributed by atoms with E-state index in [9.17, 15) is 14.0 Å². The van der Waals surface area contributed by atoms with Crippen molar-refractivity contribution in [1.29, 1.82) is 0 Å². The first-order valence-electron chi connectivity index (χ1n) is 17.4. The first kappa shape index (κ1) is 34.7. The summed E-state index contributed by atoms with van der Waals surface area (Å²) >= 11 is 0. The van der Waals surface area contributed by atoms with Crippen molar-refractivity contribution in [2.45, 2.75) is 39.2 Å². The number of amides is 1. The second-order valence-electron chi connectivity index (χ2n) is 12.4. The number of pyridine rings is 2. The molecule has 1 saturated heterocycles. The summed E-state index contributed by atoms with van der Waals surface area (Å²) in [6, 6.07) is 14.0. The zero-order chi connectivity index (χ0) is 36.2. The maximum absolute atomic E-state index is 15.7. The van der Waals surface area contributed by atoms with E-state index < -0.39 is 23.1 Å². The van der Waals surface area contributed by atoms with E-state index in [-0.39, 0.29) is 41.2 Å². The van der Waals surface area contributed by atoms with Crippen LogP contribution in [0.15, 0.2) is 77.9 Å². The van der Waals surface area contributed by atoms with Crippen molar-refractivity contribution >= 4 is 22.5 Å². The molecule has 1 fully saturated rings. The molecule has 2 unspecified atom stereocenters. The number of ether oxygens (including phenoxy) is 5. The number of nitrogens with one attached hydrogen (secondary N) is 2. The summed E-state index contributed by atoms with van der Waals surface area (Å²) in [4.78, 5) is 31.5. The zero-order valence-corrected chi connectivity index (χ0v) is 28.7. The summed E-state index contributed by atoms with van der Waals surface area (Å²) in [6.07, 6.45) is 5.94. The molecular weight excluding hydrogens is 674 g/mol. The van der Waals surface area contributed by atoms with Gasteiger partial charge in [0, 0.05) is 48.4 Å². The highest BCUT2D eigenvalue weighted by Gasteiger charge is 2.29. The van der Waals surface area contributed by atoms with E-state index in [0.717, 1.165) is 38.4 Å². The lowest BCUT2D eigenvalue weighted by Crippen LogP contribution is -2.39. The van der Waals surface area contributed by atoms with Crippen molar-refractivity contribution in [3.63, 3.8) is 0 Å². The molecule has 3 aromatic carbocycles. The standard InChI is InChI=1S/C39H38F2N4O7/c1-3-29(23-6-5-15-42-22-23)51-33-21-28-34(37-36(33)49-18-19-50-37)32(13-16-43-28)52-30-12-9-25(20-27(30)41)44-38(46)35-31(48-4-2)14-17-45(39(35)47)26-10-7-24(40)8-11-26/h7-14,16-17,20-21,23,29,42H,3-6,15,18-19,22H2,1-2H3,(H,44,46). The van der Waals surface area contributed by atoms with Gasteiger partial charge >= 0.3 is 0 Å². The monoisotopic (exact) mass is 712 g/mol. The Hall–Kier alpha value is -5.69. The molecule has 0 bridgehead atoms. The number of halogens is 2. The lowest BCUT2D eigenvalue weighted by Gasteiger charge is -2.32. The van der Waals surface area contributed by atoms with Crippen molar-refractivity contribution < 1.29 is 37.3 Å². The number of carbonyl (C=O) groups excluding carboxylic acids is 1. The number of hydrogen-bond donors (Lipinski definition) is 2. The molecule has 2 atom stereocenters. The highest BCUT2D eigenvalue weighted by Crippen LogP contribution is 2.49. The minimum Gasteiger partial charge on any atom is -0.493 e. The Morgan fingerprint density at radius 1 is 1.00 bits per heavy atom. The van der Waals surface area contributed by atoms with Gasteiger partial charge in [0.15, 0.2) is 23.1 Å². The third-order valence-corrected chi connectivity index (χ3v) is 9.08. The van der Waals surface area contributed by atoms with E-state index >= 15 is 4.39 Å². The fourth-order valence-electron chi connectivity index (χ4n) is 6.60. The Balaban J connectivity index is 1.15. The Labute approximate surface area is 298 Å². The van der Waals surface area contributed by atoms with Crippen molar-refractivity contribution in [2.24, 2.45) is 5.92 Å². The number of nitrogens with zero attached hydrogens (tertiary/aromatic N) is 2. The van der Waals surface area contributed by atoms with E-state index in [0.29, 0.717) is 53.0 Å². The van der Waals surface area contributed by atoms with Crippen LogP contribution in [0.4, 0.5) is 14.5 Å². The van der Waals surface area contributed by atoms with Gasteiger partial charge < -0.3 is 34.3 Å². The van der Waals surface area contributed by atoms with Crippen LogP contribution in [0.5, 0.6) is 34.5 Å². The normalized spacial score (nSPS) is 15.9. The molecule has 5 aromatic rings. The molecule has 52 heavy (non-hydrogen) atoms. The van der Waals surface area contributed by atoms with Crippen LogP contribution in [-0.4, -0.2) is 54.5 Å². The predicted octanol–water partition coefficient (Wildman–Crippen LogP) is 7.04. The lowest BCUT2D eigenvalue weighted by atomic mass is 9.92. The molecule has 7 rings (SSSR count). The van der Waals surface area contributed by atoms with Crippen LogP contribution in [-0.2, 0) is 0 Å². The molecule has 0 aliphatic carbocycles. The SMILES string of the molecule is CCOc1ccn(-c2ccc(F)cc2)c(=O)c1C(=O)Nc1ccc(Oc2ccnc3cc(OC(CC)C4CCCNC4)c4c(c23)OCCO4)c(F)c1. The molecule has 0 spiro atoms. The number of benzene rings is 3. The van der Waals surface area contributed by atoms with Crippen LogP contribution < -0.4 is 39.9 Å². The summed E-state index contributed by atoms with van der Waals surface area (Å²) in [5, 5.41) is 6.54. The number of piperidine rings is 1. The van der Waals surface area contributed by atoms with Gasteiger partial charge in [0.2, 0.25) is 5.75 Å². The Morgan fingerprint density at radius 3 is 2.54 bits per heavy atom. The van der Waals surface area contributed by atoms with Gasteiger partial charge in [0.1, 0.15) is 42.2 Å². The number of carbonyl (C=O) groups is 1. The van der Waals surface area contributed by atoms with Crippen LogP contribution in [0.1, 0.15) is 43.5 Å². The molecule has 0 saturated carbocycles. The van der Waals surface area contributed by atoms with Crippen molar-refractivity contribution in [2.75, 3.05) is 38.2 Å². The van der Waals surface area contributed by atoms with Crippen LogP contribution in [0.3, 0.4) is 0 Å². The molecule has 270 valence electrons. The number of rotatable bonds is 11. The van der Waals surface area contributed by atoms with E-state index in [1.165, 1.54) is 53.2 Å². The average Bonchev–Trinajstić information content (AvgIpc) is 3.16. The Bertz CT molecular complexity index is 2150. The largest absolute Gasteiger partial charge is 0.493 e. The first-order valence-corrected chi connectivity index (χ1v) is 17.4. The predicted molar refractivity (Wildman–Crippen MR) is 191 cm³/mol. The molecule has 0 radical (unpaired) electrons. The molecular formula is C39H38F2N4O7. The summed E-state index contributed by atoms with van der Waals surface area (Å²) < 4.78 is 60.8.